The van der Waals surface area contributed by atoms with E-state index in [1.807, 2.05) is 24.3 Å². The Morgan fingerprint density at radius 2 is 1.82 bits per heavy atom. The molecule has 2 aliphatic rings. The molecule has 0 radical (unpaired) electrons. The number of furan rings is 1. The quantitative estimate of drug-likeness (QED) is 0.641. The molecule has 4 rings (SSSR count). The van der Waals surface area contributed by atoms with Crippen molar-refractivity contribution in [1.29, 1.82) is 0 Å². The van der Waals surface area contributed by atoms with Gasteiger partial charge in [0.1, 0.15) is 11.3 Å². The number of anilines is 1. The molecular weight excluding hydrogens is 362 g/mol. The second-order valence-corrected chi connectivity index (χ2v) is 6.45. The predicted octanol–water partition coefficient (Wildman–Crippen LogP) is 1.78. The Morgan fingerprint density at radius 1 is 1.04 bits per heavy atom. The van der Waals surface area contributed by atoms with Crippen LogP contribution in [0.25, 0.3) is 6.08 Å². The van der Waals surface area contributed by atoms with Crippen LogP contribution in [-0.4, -0.2) is 49.0 Å². The summed E-state index contributed by atoms with van der Waals surface area (Å²) in [6.45, 7) is 2.64. The van der Waals surface area contributed by atoms with E-state index in [9.17, 15) is 14.4 Å². The van der Waals surface area contributed by atoms with Crippen molar-refractivity contribution in [2.45, 2.75) is 6.54 Å². The van der Waals surface area contributed by atoms with Crippen LogP contribution in [0.3, 0.4) is 0 Å². The Kier molecular flexibility index (Phi) is 4.94. The molecule has 8 nitrogen and oxygen atoms in total. The van der Waals surface area contributed by atoms with Crippen LogP contribution in [0.4, 0.5) is 10.5 Å². The zero-order valence-electron chi connectivity index (χ0n) is 15.1. The molecule has 0 bridgehead atoms. The number of hydrogen-bond donors (Lipinski definition) is 1. The van der Waals surface area contributed by atoms with Gasteiger partial charge in [0.15, 0.2) is 0 Å². The van der Waals surface area contributed by atoms with Crippen molar-refractivity contribution in [3.63, 3.8) is 0 Å². The lowest BCUT2D eigenvalue weighted by atomic mass is 10.0. The van der Waals surface area contributed by atoms with E-state index in [4.69, 9.17) is 9.15 Å². The number of barbiturate groups is 1. The summed E-state index contributed by atoms with van der Waals surface area (Å²) in [5.74, 6) is -0.907. The van der Waals surface area contributed by atoms with Gasteiger partial charge in [-0.25, -0.2) is 4.79 Å². The molecule has 8 heteroatoms. The number of nitrogens with one attached hydrogen (secondary N) is 1. The van der Waals surface area contributed by atoms with Crippen molar-refractivity contribution >= 4 is 29.6 Å². The SMILES string of the molecule is O=C1NC(=O)N(Cc2ccco2)C(=O)/C1=C\c1ccccc1N1CCOCC1. The molecule has 2 aliphatic heterocycles. The molecule has 4 amide bonds. The monoisotopic (exact) mass is 381 g/mol. The van der Waals surface area contributed by atoms with Crippen LogP contribution >= 0.6 is 0 Å². The molecule has 0 saturated carbocycles. The highest BCUT2D eigenvalue weighted by Gasteiger charge is 2.36. The Hall–Kier alpha value is -3.39. The van der Waals surface area contributed by atoms with Crippen molar-refractivity contribution in [2.75, 3.05) is 31.2 Å². The molecule has 1 aromatic carbocycles. The van der Waals surface area contributed by atoms with E-state index in [2.05, 4.69) is 10.2 Å². The number of carbonyl (C=O) groups is 3. The molecule has 28 heavy (non-hydrogen) atoms. The number of hydrogen-bond acceptors (Lipinski definition) is 6. The standard InChI is InChI=1S/C20H19N3O5/c24-18-16(19(25)23(20(26)21-18)13-15-5-3-9-28-15)12-14-4-1-2-6-17(14)22-7-10-27-11-8-22/h1-6,9,12H,7-8,10-11,13H2,(H,21,24,26)/b16-12-. The molecule has 3 heterocycles. The minimum absolute atomic E-state index is 0.0482. The number of urea groups is 1. The van der Waals surface area contributed by atoms with Crippen LogP contribution in [0.15, 0.2) is 52.7 Å². The van der Waals surface area contributed by atoms with E-state index in [-0.39, 0.29) is 12.1 Å². The zero-order chi connectivity index (χ0) is 19.5. The average molecular weight is 381 g/mol. The molecule has 0 unspecified atom stereocenters. The summed E-state index contributed by atoms with van der Waals surface area (Å²) in [7, 11) is 0. The lowest BCUT2D eigenvalue weighted by molar-refractivity contribution is -0.130. The molecule has 0 spiro atoms. The normalized spacial score (nSPS) is 19.3. The first-order valence-corrected chi connectivity index (χ1v) is 8.96. The molecule has 0 atom stereocenters. The van der Waals surface area contributed by atoms with E-state index in [1.165, 1.54) is 12.3 Å². The summed E-state index contributed by atoms with van der Waals surface area (Å²) in [5.41, 5.74) is 1.55. The summed E-state index contributed by atoms with van der Waals surface area (Å²) >= 11 is 0. The van der Waals surface area contributed by atoms with Crippen LogP contribution in [-0.2, 0) is 20.9 Å². The van der Waals surface area contributed by atoms with E-state index < -0.39 is 17.8 Å². The van der Waals surface area contributed by atoms with E-state index in [0.717, 1.165) is 29.2 Å². The van der Waals surface area contributed by atoms with E-state index in [1.54, 1.807) is 12.1 Å². The predicted molar refractivity (Wildman–Crippen MR) is 100 cm³/mol. The average Bonchev–Trinajstić information content (AvgIpc) is 3.23. The summed E-state index contributed by atoms with van der Waals surface area (Å²) < 4.78 is 10.6. The number of benzene rings is 1. The number of amides is 4. The van der Waals surface area contributed by atoms with Crippen molar-refractivity contribution in [3.8, 4) is 0 Å². The topological polar surface area (TPSA) is 92.1 Å². The van der Waals surface area contributed by atoms with Gasteiger partial charge in [-0.2, -0.15) is 0 Å². The molecule has 0 aliphatic carbocycles. The first-order valence-electron chi connectivity index (χ1n) is 8.96. The number of ether oxygens (including phenoxy) is 1. The highest BCUT2D eigenvalue weighted by Crippen LogP contribution is 2.25. The molecule has 2 aromatic rings. The van der Waals surface area contributed by atoms with Crippen molar-refractivity contribution in [1.82, 2.24) is 10.2 Å². The number of nitrogens with zero attached hydrogens (tertiary/aromatic N) is 2. The van der Waals surface area contributed by atoms with E-state index >= 15 is 0 Å². The van der Waals surface area contributed by atoms with E-state index in [0.29, 0.717) is 19.0 Å². The molecule has 1 N–H and O–H groups in total. The molecule has 144 valence electrons. The highest BCUT2D eigenvalue weighted by molar-refractivity contribution is 6.31. The second kappa shape index (κ2) is 7.69. The number of para-hydroxylation sites is 1. The van der Waals surface area contributed by atoms with Gasteiger partial charge in [-0.15, -0.1) is 0 Å². The van der Waals surface area contributed by atoms with Gasteiger partial charge in [0.2, 0.25) is 0 Å². The summed E-state index contributed by atoms with van der Waals surface area (Å²) in [5, 5.41) is 2.23. The van der Waals surface area contributed by atoms with Crippen LogP contribution in [0.2, 0.25) is 0 Å². The molecular formula is C20H19N3O5. The maximum absolute atomic E-state index is 12.9. The van der Waals surface area contributed by atoms with Crippen LogP contribution in [0.5, 0.6) is 0 Å². The zero-order valence-corrected chi connectivity index (χ0v) is 15.1. The van der Waals surface area contributed by atoms with Gasteiger partial charge in [0.05, 0.1) is 26.0 Å². The van der Waals surface area contributed by atoms with Gasteiger partial charge in [-0.3, -0.25) is 19.8 Å². The van der Waals surface area contributed by atoms with Gasteiger partial charge in [-0.1, -0.05) is 18.2 Å². The number of rotatable bonds is 4. The van der Waals surface area contributed by atoms with Gasteiger partial charge >= 0.3 is 6.03 Å². The fourth-order valence-corrected chi connectivity index (χ4v) is 3.25. The van der Waals surface area contributed by atoms with Crippen molar-refractivity contribution in [2.24, 2.45) is 0 Å². The Morgan fingerprint density at radius 3 is 2.57 bits per heavy atom. The Bertz CT molecular complexity index is 929. The third-order valence-corrected chi connectivity index (χ3v) is 4.67. The molecule has 2 fully saturated rings. The van der Waals surface area contributed by atoms with Crippen LogP contribution in [0.1, 0.15) is 11.3 Å². The number of imide groups is 2. The second-order valence-electron chi connectivity index (χ2n) is 6.45. The fourth-order valence-electron chi connectivity index (χ4n) is 3.25. The summed E-state index contributed by atoms with van der Waals surface area (Å²) in [6.07, 6.45) is 2.99. The minimum Gasteiger partial charge on any atom is -0.467 e. The molecule has 2 saturated heterocycles. The number of carbonyl (C=O) groups excluding carboxylic acids is 3. The van der Waals surface area contributed by atoms with Gasteiger partial charge in [0, 0.05) is 18.8 Å². The third kappa shape index (κ3) is 3.54. The van der Waals surface area contributed by atoms with Gasteiger partial charge in [-0.05, 0) is 29.8 Å². The van der Waals surface area contributed by atoms with Crippen LogP contribution in [0, 0.1) is 0 Å². The lowest BCUT2D eigenvalue weighted by Gasteiger charge is -2.30. The first-order chi connectivity index (χ1) is 13.6. The summed E-state index contributed by atoms with van der Waals surface area (Å²) in [6, 6.07) is 10.1. The van der Waals surface area contributed by atoms with Crippen LogP contribution < -0.4 is 10.2 Å². The lowest BCUT2D eigenvalue weighted by Crippen LogP contribution is -2.53. The Balaban J connectivity index is 1.65. The van der Waals surface area contributed by atoms with Gasteiger partial charge in [0.25, 0.3) is 11.8 Å². The third-order valence-electron chi connectivity index (χ3n) is 4.67. The molecule has 1 aromatic heterocycles. The highest BCUT2D eigenvalue weighted by atomic mass is 16.5. The van der Waals surface area contributed by atoms with Crippen molar-refractivity contribution < 1.29 is 23.5 Å². The van der Waals surface area contributed by atoms with Crippen molar-refractivity contribution in [3.05, 3.63) is 59.6 Å². The Labute approximate surface area is 161 Å². The minimum atomic E-state index is -0.759. The summed E-state index contributed by atoms with van der Waals surface area (Å²) in [4.78, 5) is 40.5. The fraction of sp³-hybridized carbons (Fsp3) is 0.250. The largest absolute Gasteiger partial charge is 0.467 e. The first kappa shape index (κ1) is 18.0. The maximum Gasteiger partial charge on any atom is 0.331 e. The maximum atomic E-state index is 12.9. The number of morpholine rings is 1. The van der Waals surface area contributed by atoms with Gasteiger partial charge < -0.3 is 14.1 Å². The smallest absolute Gasteiger partial charge is 0.331 e.